The highest BCUT2D eigenvalue weighted by Gasteiger charge is 2.54. The topological polar surface area (TPSA) is 114 Å². The zero-order chi connectivity index (χ0) is 31.9. The van der Waals surface area contributed by atoms with E-state index in [0.29, 0.717) is 17.1 Å². The molecule has 0 unspecified atom stereocenters. The molecule has 45 heavy (non-hydrogen) atoms. The molecule has 1 N–H and O–H groups in total. The summed E-state index contributed by atoms with van der Waals surface area (Å²) in [4.78, 5) is 57.4. The van der Waals surface area contributed by atoms with E-state index in [0.717, 1.165) is 16.7 Å². The number of hydrogen-bond donors (Lipinski definition) is 1. The van der Waals surface area contributed by atoms with Crippen molar-refractivity contribution in [2.45, 2.75) is 22.4 Å². The van der Waals surface area contributed by atoms with Gasteiger partial charge in [0.05, 0.1) is 0 Å². The quantitative estimate of drug-likeness (QED) is 0.0743. The van der Waals surface area contributed by atoms with Crippen molar-refractivity contribution in [1.82, 2.24) is 10.2 Å². The average Bonchev–Trinajstić information content (AvgIpc) is 3.07. The number of carbonyl (C=O) groups excluding carboxylic acids is 4. The highest BCUT2D eigenvalue weighted by molar-refractivity contribution is 8.00. The van der Waals surface area contributed by atoms with Gasteiger partial charge in [-0.2, -0.15) is 11.8 Å². The molecule has 0 saturated carbocycles. The minimum atomic E-state index is -1.50. The van der Waals surface area contributed by atoms with E-state index in [2.05, 4.69) is 10.5 Å². The molecule has 0 spiro atoms. The lowest BCUT2D eigenvalue weighted by Gasteiger charge is -2.49. The molecule has 2 atom stereocenters. The number of carbonyl (C=O) groups is 4. The molecule has 0 radical (unpaired) electrons. The van der Waals surface area contributed by atoms with Crippen LogP contribution in [0.15, 0.2) is 107 Å². The fraction of sp³-hybridized carbons (Fsp3) is 0.219. The second kappa shape index (κ2) is 15.0. The number of alkyl halides is 2. The first-order valence-electron chi connectivity index (χ1n) is 13.7. The molecule has 13 heteroatoms. The van der Waals surface area contributed by atoms with Crippen molar-refractivity contribution in [3.05, 3.63) is 119 Å². The van der Waals surface area contributed by atoms with Crippen LogP contribution >= 0.6 is 46.7 Å². The van der Waals surface area contributed by atoms with E-state index >= 15 is 0 Å². The summed E-state index contributed by atoms with van der Waals surface area (Å²) in [5.74, 6) is -1.96. The van der Waals surface area contributed by atoms with Gasteiger partial charge in [0, 0.05) is 17.1 Å². The van der Waals surface area contributed by atoms with Gasteiger partial charge in [-0.25, -0.2) is 9.59 Å². The minimum Gasteiger partial charge on any atom is -0.448 e. The number of hydrogen-bond acceptors (Lipinski definition) is 9. The van der Waals surface area contributed by atoms with E-state index < -0.39 is 46.1 Å². The van der Waals surface area contributed by atoms with Crippen molar-refractivity contribution in [3.63, 3.8) is 0 Å². The van der Waals surface area contributed by atoms with Crippen LogP contribution in [-0.4, -0.2) is 68.4 Å². The standard InChI is InChI=1S/C32H27Cl2N3O6S2/c1-44-17-22-18-45-30-24(35-28(38)23(19-11-5-2-6-12-19)36-43-32(41)27(33)34)29(39)37(30)25(22)31(40)42-26(20-13-7-3-8-14-20)21-15-9-4-10-16-21/h2-16,24,26-27,30H,17-18H2,1H3,(H,35,38)/b36-23+/t24-,30-/m1/s1. The number of rotatable bonds is 11. The van der Waals surface area contributed by atoms with Crippen LogP contribution in [0.5, 0.6) is 0 Å². The van der Waals surface area contributed by atoms with Crippen LogP contribution in [-0.2, 0) is 28.8 Å². The van der Waals surface area contributed by atoms with Gasteiger partial charge in [0.1, 0.15) is 17.1 Å². The van der Waals surface area contributed by atoms with Crippen LogP contribution in [0.25, 0.3) is 0 Å². The molecule has 5 rings (SSSR count). The van der Waals surface area contributed by atoms with Gasteiger partial charge in [-0.3, -0.25) is 14.5 Å². The maximum atomic E-state index is 13.9. The Labute approximate surface area is 278 Å². The van der Waals surface area contributed by atoms with Gasteiger partial charge < -0.3 is 14.9 Å². The Bertz CT molecular complexity index is 1580. The molecule has 3 aromatic rings. The molecule has 0 bridgehead atoms. The van der Waals surface area contributed by atoms with E-state index in [1.54, 1.807) is 30.3 Å². The van der Waals surface area contributed by atoms with Crippen molar-refractivity contribution < 1.29 is 28.8 Å². The molecular formula is C32H27Cl2N3O6S2. The smallest absolute Gasteiger partial charge is 0.367 e. The summed E-state index contributed by atoms with van der Waals surface area (Å²) in [6.07, 6.45) is 1.22. The molecule has 1 saturated heterocycles. The number of nitrogens with zero attached hydrogens (tertiary/aromatic N) is 2. The Morgan fingerprint density at radius 3 is 2.11 bits per heavy atom. The van der Waals surface area contributed by atoms with Crippen molar-refractivity contribution in [2.75, 3.05) is 17.8 Å². The lowest BCUT2D eigenvalue weighted by atomic mass is 10.0. The Balaban J connectivity index is 1.39. The number of esters is 1. The van der Waals surface area contributed by atoms with Gasteiger partial charge in [-0.15, -0.1) is 11.8 Å². The lowest BCUT2D eigenvalue weighted by Crippen LogP contribution is -2.71. The van der Waals surface area contributed by atoms with Crippen molar-refractivity contribution in [1.29, 1.82) is 0 Å². The van der Waals surface area contributed by atoms with Gasteiger partial charge in [-0.1, -0.05) is 119 Å². The molecule has 2 aliphatic rings. The fourth-order valence-corrected chi connectivity index (χ4v) is 7.01. The van der Waals surface area contributed by atoms with Gasteiger partial charge in [0.15, 0.2) is 11.8 Å². The number of halogens is 2. The molecule has 0 aliphatic carbocycles. The second-order valence-corrected chi connectivity index (χ2v) is 12.9. The van der Waals surface area contributed by atoms with E-state index in [-0.39, 0.29) is 11.4 Å². The first kappa shape index (κ1) is 32.6. The number of oxime groups is 1. The summed E-state index contributed by atoms with van der Waals surface area (Å²) < 4.78 is 6.14. The lowest BCUT2D eigenvalue weighted by molar-refractivity contribution is -0.154. The predicted molar refractivity (Wildman–Crippen MR) is 176 cm³/mol. The summed E-state index contributed by atoms with van der Waals surface area (Å²) in [6.45, 7) is 0. The van der Waals surface area contributed by atoms with Gasteiger partial charge in [0.2, 0.25) is 4.84 Å². The Morgan fingerprint density at radius 1 is 0.978 bits per heavy atom. The molecule has 232 valence electrons. The third-order valence-corrected chi connectivity index (χ3v) is 9.28. The fourth-order valence-electron chi connectivity index (χ4n) is 4.87. The first-order valence-corrected chi connectivity index (χ1v) is 17.0. The number of nitrogens with one attached hydrogen (secondary N) is 1. The molecule has 2 aliphatic heterocycles. The molecule has 0 aromatic heterocycles. The number of β-lactam (4-membered cyclic amide) rings is 1. The molecular weight excluding hydrogens is 657 g/mol. The number of amides is 2. The van der Waals surface area contributed by atoms with E-state index in [1.165, 1.54) is 28.4 Å². The van der Waals surface area contributed by atoms with Crippen LogP contribution in [0.2, 0.25) is 0 Å². The zero-order valence-electron chi connectivity index (χ0n) is 23.8. The van der Waals surface area contributed by atoms with E-state index in [1.807, 2.05) is 66.9 Å². The summed E-state index contributed by atoms with van der Waals surface area (Å²) in [7, 11) is 0. The molecule has 2 amide bonds. The van der Waals surface area contributed by atoms with Gasteiger partial charge in [0.25, 0.3) is 11.8 Å². The van der Waals surface area contributed by atoms with Gasteiger partial charge >= 0.3 is 11.9 Å². The summed E-state index contributed by atoms with van der Waals surface area (Å²) in [6, 6.07) is 26.1. The summed E-state index contributed by atoms with van der Waals surface area (Å²) >= 11 is 14.1. The minimum absolute atomic E-state index is 0.182. The van der Waals surface area contributed by atoms with Crippen LogP contribution in [0.1, 0.15) is 22.8 Å². The number of benzene rings is 3. The third kappa shape index (κ3) is 7.38. The van der Waals surface area contributed by atoms with E-state index in [4.69, 9.17) is 32.8 Å². The molecule has 1 fully saturated rings. The average molecular weight is 685 g/mol. The summed E-state index contributed by atoms with van der Waals surface area (Å²) in [5.41, 5.74) is 2.60. The van der Waals surface area contributed by atoms with Crippen molar-refractivity contribution in [2.24, 2.45) is 5.16 Å². The Kier molecular flexibility index (Phi) is 10.9. The number of thioether (sulfide) groups is 2. The predicted octanol–water partition coefficient (Wildman–Crippen LogP) is 5.09. The largest absolute Gasteiger partial charge is 0.448 e. The van der Waals surface area contributed by atoms with Gasteiger partial charge in [-0.05, 0) is 23.0 Å². The molecule has 9 nitrogen and oxygen atoms in total. The highest BCUT2D eigenvalue weighted by atomic mass is 35.5. The van der Waals surface area contributed by atoms with Crippen LogP contribution in [0, 0.1) is 0 Å². The van der Waals surface area contributed by atoms with E-state index in [9.17, 15) is 19.2 Å². The number of ether oxygens (including phenoxy) is 1. The van der Waals surface area contributed by atoms with Crippen LogP contribution in [0.4, 0.5) is 0 Å². The maximum Gasteiger partial charge on any atom is 0.367 e. The Morgan fingerprint density at radius 2 is 1.56 bits per heavy atom. The highest BCUT2D eigenvalue weighted by Crippen LogP contribution is 2.42. The zero-order valence-corrected chi connectivity index (χ0v) is 26.9. The third-order valence-electron chi connectivity index (χ3n) is 6.94. The van der Waals surface area contributed by atoms with Crippen LogP contribution in [0.3, 0.4) is 0 Å². The SMILES string of the molecule is CSCC1=C(C(=O)OC(c2ccccc2)c2ccccc2)N2C(=O)[C@@H](NC(=O)/C(=N/OC(=O)C(Cl)Cl)c3ccccc3)[C@H]2SC1. The number of fused-ring (bicyclic) bond motifs is 1. The van der Waals surface area contributed by atoms with Crippen molar-refractivity contribution >= 4 is 76.2 Å². The molecule has 3 aromatic carbocycles. The maximum absolute atomic E-state index is 13.9. The summed E-state index contributed by atoms with van der Waals surface area (Å²) in [5, 5.41) is 5.82. The first-order chi connectivity index (χ1) is 21.8. The Hall–Kier alpha value is -3.77. The van der Waals surface area contributed by atoms with Crippen molar-refractivity contribution in [3.8, 4) is 0 Å². The van der Waals surface area contributed by atoms with Crippen LogP contribution < -0.4 is 5.32 Å². The normalized spacial score (nSPS) is 17.9. The molecule has 2 heterocycles. The monoisotopic (exact) mass is 683 g/mol. The second-order valence-electron chi connectivity index (χ2n) is 9.87.